The molecule has 0 aliphatic carbocycles. The lowest BCUT2D eigenvalue weighted by Crippen LogP contribution is -2.01. The molecule has 0 bridgehead atoms. The van der Waals surface area contributed by atoms with Crippen molar-refractivity contribution in [3.05, 3.63) is 27.7 Å². The van der Waals surface area contributed by atoms with Gasteiger partial charge in [0.2, 0.25) is 0 Å². The number of carbonyl (C=O) groups excluding carboxylic acids is 1. The lowest BCUT2D eigenvalue weighted by atomic mass is 10.1. The minimum absolute atomic E-state index is 0.351. The Kier molecular flexibility index (Phi) is 3.45. The summed E-state index contributed by atoms with van der Waals surface area (Å²) in [6.45, 7) is 0.351. The molecule has 0 saturated carbocycles. The van der Waals surface area contributed by atoms with Crippen LogP contribution in [0.1, 0.15) is 15.9 Å². The standard InChI is InChI=1S/C9H10BrNO2/c1-13-9-7(4-11)2-6(5-12)3-8(9)10/h2-3,5H,4,11H2,1H3. The molecule has 4 heteroatoms. The second-order valence-corrected chi connectivity index (χ2v) is 3.37. The maximum absolute atomic E-state index is 10.5. The van der Waals surface area contributed by atoms with E-state index < -0.39 is 0 Å². The van der Waals surface area contributed by atoms with Crippen molar-refractivity contribution in [3.8, 4) is 5.75 Å². The topological polar surface area (TPSA) is 52.3 Å². The predicted molar refractivity (Wildman–Crippen MR) is 54.0 cm³/mol. The van der Waals surface area contributed by atoms with E-state index in [1.165, 1.54) is 0 Å². The van der Waals surface area contributed by atoms with Crippen molar-refractivity contribution in [1.82, 2.24) is 0 Å². The summed E-state index contributed by atoms with van der Waals surface area (Å²) in [5.41, 5.74) is 6.91. The molecule has 1 rings (SSSR count). The number of methoxy groups -OCH3 is 1. The van der Waals surface area contributed by atoms with E-state index in [9.17, 15) is 4.79 Å². The van der Waals surface area contributed by atoms with Crippen molar-refractivity contribution in [2.24, 2.45) is 5.73 Å². The highest BCUT2D eigenvalue weighted by Gasteiger charge is 2.07. The molecule has 70 valence electrons. The Labute approximate surface area is 85.0 Å². The number of rotatable bonds is 3. The molecule has 2 N–H and O–H groups in total. The highest BCUT2D eigenvalue weighted by molar-refractivity contribution is 9.10. The van der Waals surface area contributed by atoms with Gasteiger partial charge in [-0.15, -0.1) is 0 Å². The molecular weight excluding hydrogens is 234 g/mol. The van der Waals surface area contributed by atoms with Gasteiger partial charge in [-0.3, -0.25) is 4.79 Å². The number of nitrogens with two attached hydrogens (primary N) is 1. The molecule has 0 atom stereocenters. The lowest BCUT2D eigenvalue weighted by molar-refractivity contribution is 0.112. The molecule has 1 aromatic carbocycles. The quantitative estimate of drug-likeness (QED) is 0.823. The monoisotopic (exact) mass is 243 g/mol. The fourth-order valence-electron chi connectivity index (χ4n) is 1.12. The van der Waals surface area contributed by atoms with Crippen LogP contribution < -0.4 is 10.5 Å². The smallest absolute Gasteiger partial charge is 0.150 e. The van der Waals surface area contributed by atoms with Gasteiger partial charge < -0.3 is 10.5 Å². The summed E-state index contributed by atoms with van der Waals surface area (Å²) in [6, 6.07) is 3.42. The Morgan fingerprint density at radius 1 is 1.62 bits per heavy atom. The van der Waals surface area contributed by atoms with Crippen molar-refractivity contribution >= 4 is 22.2 Å². The summed E-state index contributed by atoms with van der Waals surface area (Å²) in [5.74, 6) is 0.688. The molecule has 0 amide bonds. The van der Waals surface area contributed by atoms with Crippen LogP contribution in [-0.2, 0) is 6.54 Å². The minimum atomic E-state index is 0.351. The SMILES string of the molecule is COc1c(Br)cc(C=O)cc1CN. The van der Waals surface area contributed by atoms with E-state index in [1.807, 2.05) is 0 Å². The van der Waals surface area contributed by atoms with E-state index in [4.69, 9.17) is 10.5 Å². The Hall–Kier alpha value is -0.870. The number of hydrogen-bond acceptors (Lipinski definition) is 3. The summed E-state index contributed by atoms with van der Waals surface area (Å²) >= 11 is 3.30. The van der Waals surface area contributed by atoms with Gasteiger partial charge in [-0.1, -0.05) is 0 Å². The van der Waals surface area contributed by atoms with Crippen LogP contribution in [-0.4, -0.2) is 13.4 Å². The molecule has 0 radical (unpaired) electrons. The summed E-state index contributed by atoms with van der Waals surface area (Å²) in [5, 5.41) is 0. The third-order valence-electron chi connectivity index (χ3n) is 1.70. The van der Waals surface area contributed by atoms with E-state index in [1.54, 1.807) is 19.2 Å². The van der Waals surface area contributed by atoms with E-state index in [2.05, 4.69) is 15.9 Å². The minimum Gasteiger partial charge on any atom is -0.495 e. The van der Waals surface area contributed by atoms with Gasteiger partial charge in [0.1, 0.15) is 12.0 Å². The molecule has 0 saturated heterocycles. The third-order valence-corrected chi connectivity index (χ3v) is 2.29. The van der Waals surface area contributed by atoms with Crippen LogP contribution in [0.2, 0.25) is 0 Å². The molecule has 0 aliphatic rings. The molecule has 0 aliphatic heterocycles. The van der Waals surface area contributed by atoms with Crippen molar-refractivity contribution in [1.29, 1.82) is 0 Å². The Bertz CT molecular complexity index is 326. The lowest BCUT2D eigenvalue weighted by Gasteiger charge is -2.09. The molecule has 0 fully saturated rings. The summed E-state index contributed by atoms with van der Waals surface area (Å²) in [7, 11) is 1.57. The normalized spacial score (nSPS) is 9.77. The molecule has 0 unspecified atom stereocenters. The second kappa shape index (κ2) is 4.39. The fourth-order valence-corrected chi connectivity index (χ4v) is 1.80. The van der Waals surface area contributed by atoms with Crippen LogP contribution >= 0.6 is 15.9 Å². The van der Waals surface area contributed by atoms with Crippen LogP contribution in [0.25, 0.3) is 0 Å². The van der Waals surface area contributed by atoms with Gasteiger partial charge in [0, 0.05) is 17.7 Å². The largest absolute Gasteiger partial charge is 0.495 e. The number of hydrogen-bond donors (Lipinski definition) is 1. The first kappa shape index (κ1) is 10.2. The molecule has 0 spiro atoms. The van der Waals surface area contributed by atoms with Gasteiger partial charge in [0.05, 0.1) is 11.6 Å². The maximum Gasteiger partial charge on any atom is 0.150 e. The zero-order valence-corrected chi connectivity index (χ0v) is 8.80. The Morgan fingerprint density at radius 2 is 2.31 bits per heavy atom. The molecule has 0 heterocycles. The van der Waals surface area contributed by atoms with E-state index in [0.29, 0.717) is 17.9 Å². The number of benzene rings is 1. The predicted octanol–water partition coefficient (Wildman–Crippen LogP) is 1.73. The van der Waals surface area contributed by atoms with Gasteiger partial charge in [0.25, 0.3) is 0 Å². The van der Waals surface area contributed by atoms with Crippen molar-refractivity contribution < 1.29 is 9.53 Å². The zero-order valence-electron chi connectivity index (χ0n) is 7.21. The summed E-state index contributed by atoms with van der Waals surface area (Å²) < 4.78 is 5.87. The first-order valence-electron chi connectivity index (χ1n) is 3.74. The van der Waals surface area contributed by atoms with Crippen LogP contribution in [0.15, 0.2) is 16.6 Å². The Balaban J connectivity index is 3.28. The third kappa shape index (κ3) is 2.08. The fraction of sp³-hybridized carbons (Fsp3) is 0.222. The van der Waals surface area contributed by atoms with E-state index in [-0.39, 0.29) is 0 Å². The van der Waals surface area contributed by atoms with Crippen LogP contribution in [0, 0.1) is 0 Å². The number of carbonyl (C=O) groups is 1. The molecule has 13 heavy (non-hydrogen) atoms. The molecular formula is C9H10BrNO2. The Morgan fingerprint density at radius 3 is 2.77 bits per heavy atom. The van der Waals surface area contributed by atoms with Gasteiger partial charge in [-0.2, -0.15) is 0 Å². The van der Waals surface area contributed by atoms with Crippen LogP contribution in [0.4, 0.5) is 0 Å². The van der Waals surface area contributed by atoms with E-state index >= 15 is 0 Å². The summed E-state index contributed by atoms with van der Waals surface area (Å²) in [6.07, 6.45) is 0.781. The van der Waals surface area contributed by atoms with Crippen molar-refractivity contribution in [2.75, 3.05) is 7.11 Å². The van der Waals surface area contributed by atoms with Crippen LogP contribution in [0.3, 0.4) is 0 Å². The molecule has 3 nitrogen and oxygen atoms in total. The molecule has 1 aromatic rings. The average Bonchev–Trinajstić information content (AvgIpc) is 2.16. The van der Waals surface area contributed by atoms with Crippen molar-refractivity contribution in [3.63, 3.8) is 0 Å². The maximum atomic E-state index is 10.5. The highest BCUT2D eigenvalue weighted by Crippen LogP contribution is 2.29. The average molecular weight is 244 g/mol. The second-order valence-electron chi connectivity index (χ2n) is 2.52. The number of aldehydes is 1. The zero-order chi connectivity index (χ0) is 9.84. The first-order chi connectivity index (χ1) is 6.22. The summed E-state index contributed by atoms with van der Waals surface area (Å²) in [4.78, 5) is 10.5. The first-order valence-corrected chi connectivity index (χ1v) is 4.54. The number of ether oxygens (including phenoxy) is 1. The number of halogens is 1. The van der Waals surface area contributed by atoms with Crippen molar-refractivity contribution in [2.45, 2.75) is 6.54 Å². The van der Waals surface area contributed by atoms with E-state index in [0.717, 1.165) is 16.3 Å². The highest BCUT2D eigenvalue weighted by atomic mass is 79.9. The van der Waals surface area contributed by atoms with Gasteiger partial charge >= 0.3 is 0 Å². The van der Waals surface area contributed by atoms with Gasteiger partial charge in [0.15, 0.2) is 0 Å². The van der Waals surface area contributed by atoms with Gasteiger partial charge in [-0.05, 0) is 28.1 Å². The van der Waals surface area contributed by atoms with Gasteiger partial charge in [-0.25, -0.2) is 0 Å². The molecule has 0 aromatic heterocycles. The van der Waals surface area contributed by atoms with Crippen LogP contribution in [0.5, 0.6) is 5.75 Å².